The Morgan fingerprint density at radius 2 is 1.08 bits per heavy atom. The Morgan fingerprint density at radius 3 is 1.41 bits per heavy atom. The molecule has 0 spiro atoms. The number of carbonyl (C=O) groups is 2. The number of rotatable bonds is 11. The number of carboxylic acid groups (broad SMARTS) is 2. The quantitative estimate of drug-likeness (QED) is 0.245. The van der Waals surface area contributed by atoms with Crippen LogP contribution >= 0.6 is 6.83 Å². The van der Waals surface area contributed by atoms with E-state index in [0.29, 0.717) is 28.5 Å². The van der Waals surface area contributed by atoms with Crippen LogP contribution in [0.3, 0.4) is 0 Å². The summed E-state index contributed by atoms with van der Waals surface area (Å²) in [4.78, 5) is 23.0. The Kier molecular flexibility index (Phi) is 8.02. The van der Waals surface area contributed by atoms with Gasteiger partial charge in [0.1, 0.15) is 0 Å². The number of unbranched alkanes of at least 4 members (excludes halogenated alkanes) is 1. The molecule has 0 saturated heterocycles. The molecule has 0 aliphatic carbocycles. The van der Waals surface area contributed by atoms with Gasteiger partial charge in [-0.1, -0.05) is 0 Å². The Bertz CT molecular complexity index is 1460. The van der Waals surface area contributed by atoms with Gasteiger partial charge in [-0.3, -0.25) is 0 Å². The molecule has 0 aliphatic rings. The Morgan fingerprint density at radius 1 is 0.692 bits per heavy atom. The molecule has 9 heteroatoms. The van der Waals surface area contributed by atoms with Gasteiger partial charge in [-0.15, -0.1) is 0 Å². The van der Waals surface area contributed by atoms with Crippen molar-refractivity contribution in [2.45, 2.75) is 24.7 Å². The summed E-state index contributed by atoms with van der Waals surface area (Å²) in [5.41, 5.74) is -0.935. The SMILES string of the molecule is CCCCP(OS(=O)(=O)c1cc(C(=O)O)cc(C(=O)O)c1)(c1ccccc1)(c1ccccc1)c1ccccc1. The second-order valence-electron chi connectivity index (χ2n) is 9.18. The van der Waals surface area contributed by atoms with Crippen LogP contribution < -0.4 is 15.9 Å². The first-order valence-corrected chi connectivity index (χ1v) is 16.1. The maximum atomic E-state index is 14.3. The molecular weight excluding hydrogens is 535 g/mol. The molecule has 202 valence electrons. The molecule has 0 atom stereocenters. The van der Waals surface area contributed by atoms with E-state index >= 15 is 0 Å². The molecule has 2 N–H and O–H groups in total. The molecule has 0 heterocycles. The first-order chi connectivity index (χ1) is 18.6. The number of benzene rings is 4. The van der Waals surface area contributed by atoms with Crippen molar-refractivity contribution in [3.05, 3.63) is 120 Å². The van der Waals surface area contributed by atoms with Gasteiger partial charge in [-0.25, -0.2) is 0 Å². The van der Waals surface area contributed by atoms with Crippen LogP contribution in [0.1, 0.15) is 40.5 Å². The first-order valence-electron chi connectivity index (χ1n) is 12.4. The fraction of sp³-hybridized carbons (Fsp3) is 0.133. The zero-order chi connectivity index (χ0) is 28.1. The third-order valence-corrected chi connectivity index (χ3v) is 15.1. The van der Waals surface area contributed by atoms with E-state index in [4.69, 9.17) is 3.97 Å². The average molecular weight is 565 g/mol. The van der Waals surface area contributed by atoms with Crippen molar-refractivity contribution in [3.63, 3.8) is 0 Å². The molecule has 4 aromatic carbocycles. The van der Waals surface area contributed by atoms with Crippen molar-refractivity contribution >= 4 is 44.8 Å². The molecule has 0 aliphatic heterocycles. The monoisotopic (exact) mass is 564 g/mol. The number of carboxylic acids is 2. The molecule has 7 nitrogen and oxygen atoms in total. The van der Waals surface area contributed by atoms with Crippen LogP contribution in [-0.4, -0.2) is 36.7 Å². The van der Waals surface area contributed by atoms with Crippen molar-refractivity contribution in [1.29, 1.82) is 0 Å². The summed E-state index contributed by atoms with van der Waals surface area (Å²) in [5.74, 6) is -2.90. The molecule has 0 saturated carbocycles. The van der Waals surface area contributed by atoms with E-state index in [9.17, 15) is 28.2 Å². The van der Waals surface area contributed by atoms with E-state index in [1.807, 2.05) is 97.9 Å². The van der Waals surface area contributed by atoms with E-state index in [2.05, 4.69) is 0 Å². The third-order valence-electron chi connectivity index (χ3n) is 6.80. The van der Waals surface area contributed by atoms with Gasteiger partial charge < -0.3 is 0 Å². The second kappa shape index (κ2) is 11.1. The molecule has 0 aromatic heterocycles. The summed E-state index contributed by atoms with van der Waals surface area (Å²) < 4.78 is 35.3. The summed E-state index contributed by atoms with van der Waals surface area (Å²) in [7, 11) is -4.73. The van der Waals surface area contributed by atoms with Gasteiger partial charge >= 0.3 is 228 Å². The van der Waals surface area contributed by atoms with Gasteiger partial charge in [0.15, 0.2) is 0 Å². The fourth-order valence-electron chi connectivity index (χ4n) is 4.94. The summed E-state index contributed by atoms with van der Waals surface area (Å²) >= 11 is 0. The standard InChI is InChI=1S/C30H29O7PS/c1-2-3-19-38(25-13-7-4-8-14-25,26-15-9-5-10-16-26,27-17-11-6-12-18-27)37-39(35,36)28-21-23(29(31)32)20-24(22-28)30(33)34/h4-18,20-22H,2-3,19H2,1H3,(H,31,32)(H,33,34). The zero-order valence-electron chi connectivity index (χ0n) is 21.3. The van der Waals surface area contributed by atoms with Crippen LogP contribution in [-0.2, 0) is 14.1 Å². The van der Waals surface area contributed by atoms with E-state index in [-0.39, 0.29) is 0 Å². The molecule has 0 bridgehead atoms. The van der Waals surface area contributed by atoms with Crippen LogP contribution in [0.25, 0.3) is 0 Å². The maximum absolute atomic E-state index is 14.3. The Balaban J connectivity index is 2.15. The van der Waals surface area contributed by atoms with Crippen LogP contribution in [0, 0.1) is 0 Å². The number of aromatic carboxylic acids is 2. The topological polar surface area (TPSA) is 118 Å². The van der Waals surface area contributed by atoms with E-state index in [1.54, 1.807) is 0 Å². The summed E-state index contributed by atoms with van der Waals surface area (Å²) in [6, 6.07) is 30.5. The Labute approximate surface area is 227 Å². The van der Waals surface area contributed by atoms with Gasteiger partial charge in [0.05, 0.1) is 0 Å². The fourth-order valence-corrected chi connectivity index (χ4v) is 13.9. The van der Waals surface area contributed by atoms with Crippen LogP contribution in [0.4, 0.5) is 0 Å². The summed E-state index contributed by atoms with van der Waals surface area (Å²) in [5, 5.41) is 21.2. The molecule has 39 heavy (non-hydrogen) atoms. The molecule has 0 radical (unpaired) electrons. The minimum atomic E-state index is -4.73. The molecular formula is C30H29O7PS. The van der Waals surface area contributed by atoms with E-state index in [1.165, 1.54) is 0 Å². The first kappa shape index (κ1) is 28.2. The van der Waals surface area contributed by atoms with Gasteiger partial charge in [0.25, 0.3) is 0 Å². The number of hydrogen-bond donors (Lipinski definition) is 2. The normalized spacial score (nSPS) is 12.8. The average Bonchev–Trinajstić information content (AvgIpc) is 2.96. The van der Waals surface area contributed by atoms with Gasteiger partial charge in [-0.2, -0.15) is 0 Å². The predicted molar refractivity (Wildman–Crippen MR) is 154 cm³/mol. The van der Waals surface area contributed by atoms with Gasteiger partial charge in [0, 0.05) is 0 Å². The second-order valence-corrected chi connectivity index (χ2v) is 15.6. The van der Waals surface area contributed by atoms with Crippen LogP contribution in [0.5, 0.6) is 0 Å². The van der Waals surface area contributed by atoms with Crippen molar-refractivity contribution in [2.75, 3.05) is 6.16 Å². The van der Waals surface area contributed by atoms with Crippen molar-refractivity contribution in [3.8, 4) is 0 Å². The van der Waals surface area contributed by atoms with Crippen LogP contribution in [0.15, 0.2) is 114 Å². The molecule has 4 aromatic rings. The third kappa shape index (κ3) is 5.11. The zero-order valence-corrected chi connectivity index (χ0v) is 23.0. The van der Waals surface area contributed by atoms with Gasteiger partial charge in [0.2, 0.25) is 0 Å². The van der Waals surface area contributed by atoms with E-state index < -0.39 is 44.9 Å². The predicted octanol–water partition coefficient (Wildman–Crippen LogP) is 5.03. The molecule has 4 rings (SSSR count). The van der Waals surface area contributed by atoms with Crippen molar-refractivity contribution < 1.29 is 32.2 Å². The molecule has 0 amide bonds. The van der Waals surface area contributed by atoms with Crippen molar-refractivity contribution in [1.82, 2.24) is 0 Å². The summed E-state index contributed by atoms with van der Waals surface area (Å²) in [6.07, 6.45) is 1.73. The molecule has 0 unspecified atom stereocenters. The van der Waals surface area contributed by atoms with Gasteiger partial charge in [-0.05, 0) is 0 Å². The minimum absolute atomic E-state index is 0.351. The molecule has 0 fully saturated rings. The van der Waals surface area contributed by atoms with Crippen LogP contribution in [0.2, 0.25) is 0 Å². The Hall–Kier alpha value is -3.84. The number of hydrogen-bond acceptors (Lipinski definition) is 5. The summed E-state index contributed by atoms with van der Waals surface area (Å²) in [6.45, 7) is -2.31. The van der Waals surface area contributed by atoms with Crippen molar-refractivity contribution in [2.24, 2.45) is 0 Å². The van der Waals surface area contributed by atoms with E-state index in [0.717, 1.165) is 24.6 Å².